The summed E-state index contributed by atoms with van der Waals surface area (Å²) in [6.45, 7) is 0. The van der Waals surface area contributed by atoms with E-state index in [1.54, 1.807) is 12.1 Å². The highest BCUT2D eigenvalue weighted by molar-refractivity contribution is 6.07. The van der Waals surface area contributed by atoms with Crippen LogP contribution in [0.25, 0.3) is 0 Å². The molecule has 2 amide bonds. The Bertz CT molecular complexity index is 1300. The van der Waals surface area contributed by atoms with Crippen LogP contribution in [0.1, 0.15) is 28.9 Å². The van der Waals surface area contributed by atoms with Crippen molar-refractivity contribution in [1.82, 2.24) is 9.96 Å². The maximum atomic E-state index is 13.1. The quantitative estimate of drug-likeness (QED) is 0.571. The largest absolute Gasteiger partial charge is 0.319 e. The Morgan fingerprint density at radius 3 is 2.30 bits per heavy atom. The fourth-order valence-electron chi connectivity index (χ4n) is 5.21. The number of hydroxylamine groups is 2. The minimum Gasteiger partial charge on any atom is -0.319 e. The second-order valence-electron chi connectivity index (χ2n) is 8.46. The first kappa shape index (κ1) is 19.7. The highest BCUT2D eigenvalue weighted by Gasteiger charge is 2.62. The Balaban J connectivity index is 1.58. The molecule has 3 aliphatic heterocycles. The summed E-state index contributed by atoms with van der Waals surface area (Å²) in [5, 5.41) is 11.1. The molecule has 0 unspecified atom stereocenters. The van der Waals surface area contributed by atoms with Gasteiger partial charge in [0.15, 0.2) is 6.10 Å². The van der Waals surface area contributed by atoms with Crippen molar-refractivity contribution < 1.29 is 14.4 Å². The van der Waals surface area contributed by atoms with Crippen molar-refractivity contribution in [2.45, 2.75) is 18.3 Å². The number of likely N-dealkylation sites (tertiary alicyclic amines) is 1. The monoisotopic (exact) mass is 436 g/mol. The van der Waals surface area contributed by atoms with Crippen molar-refractivity contribution in [2.75, 3.05) is 11.9 Å². The lowest BCUT2D eigenvalue weighted by Crippen LogP contribution is -2.45. The molecule has 2 saturated heterocycles. The van der Waals surface area contributed by atoms with Crippen LogP contribution in [0.5, 0.6) is 0 Å². The zero-order chi connectivity index (χ0) is 22.7. The van der Waals surface area contributed by atoms with Gasteiger partial charge in [0.05, 0.1) is 23.6 Å². The van der Waals surface area contributed by atoms with Crippen molar-refractivity contribution in [2.24, 2.45) is 5.92 Å². The third kappa shape index (κ3) is 2.75. The van der Waals surface area contributed by atoms with Crippen molar-refractivity contribution >= 4 is 23.2 Å². The Hall–Kier alpha value is -3.99. The highest BCUT2D eigenvalue weighted by atomic mass is 16.7. The number of likely N-dealkylation sites (N-methyl/N-ethyl adjacent to an activating group) is 1. The lowest BCUT2D eigenvalue weighted by Gasteiger charge is -2.47. The molecule has 33 heavy (non-hydrogen) atoms. The zero-order valence-electron chi connectivity index (χ0n) is 17.8. The molecule has 0 bridgehead atoms. The van der Waals surface area contributed by atoms with Crippen molar-refractivity contribution in [3.63, 3.8) is 0 Å². The van der Waals surface area contributed by atoms with Gasteiger partial charge in [0, 0.05) is 18.4 Å². The maximum Gasteiger partial charge on any atom is 0.261 e. The number of imide groups is 1. The molecule has 6 rings (SSSR count). The number of nitrogens with zero attached hydrogens (tertiary/aromatic N) is 4. The van der Waals surface area contributed by atoms with E-state index in [-0.39, 0.29) is 11.8 Å². The highest BCUT2D eigenvalue weighted by Crippen LogP contribution is 2.56. The van der Waals surface area contributed by atoms with Crippen LogP contribution in [-0.4, -0.2) is 34.9 Å². The summed E-state index contributed by atoms with van der Waals surface area (Å²) in [6, 6.07) is 27.0. The van der Waals surface area contributed by atoms with Crippen LogP contribution < -0.4 is 4.90 Å². The van der Waals surface area contributed by atoms with E-state index < -0.39 is 24.2 Å². The van der Waals surface area contributed by atoms with E-state index in [1.807, 2.05) is 71.8 Å². The smallest absolute Gasteiger partial charge is 0.261 e. The number of carbonyl (C=O) groups excluding carboxylic acids is 2. The molecule has 2 fully saturated rings. The Morgan fingerprint density at radius 1 is 0.879 bits per heavy atom. The summed E-state index contributed by atoms with van der Waals surface area (Å²) in [5.74, 6) is -1.13. The van der Waals surface area contributed by atoms with Crippen LogP contribution in [0.3, 0.4) is 0 Å². The minimum absolute atomic E-state index is 0.217. The number of para-hydroxylation sites is 1. The third-order valence-corrected chi connectivity index (χ3v) is 6.74. The summed E-state index contributed by atoms with van der Waals surface area (Å²) < 4.78 is 0. The molecule has 0 N–H and O–H groups in total. The first-order chi connectivity index (χ1) is 16.1. The van der Waals surface area contributed by atoms with Gasteiger partial charge in [-0.25, -0.2) is 0 Å². The Labute approximate surface area is 191 Å². The molecule has 3 aromatic carbocycles. The van der Waals surface area contributed by atoms with Crippen LogP contribution in [0.15, 0.2) is 78.9 Å². The number of fused-ring (bicyclic) bond motifs is 5. The average molecular weight is 436 g/mol. The van der Waals surface area contributed by atoms with Gasteiger partial charge in [0.2, 0.25) is 5.91 Å². The predicted octanol–water partition coefficient (Wildman–Crippen LogP) is 3.68. The van der Waals surface area contributed by atoms with Crippen LogP contribution in [0, 0.1) is 17.2 Å². The molecule has 7 nitrogen and oxygen atoms in total. The lowest BCUT2D eigenvalue weighted by atomic mass is 9.86. The fraction of sp³-hybridized carbons (Fsp3) is 0.192. The summed E-state index contributed by atoms with van der Waals surface area (Å²) in [7, 11) is 1.52. The Kier molecular flexibility index (Phi) is 4.34. The summed E-state index contributed by atoms with van der Waals surface area (Å²) in [5.41, 5.74) is 4.29. The number of nitriles is 1. The molecule has 0 spiro atoms. The summed E-state index contributed by atoms with van der Waals surface area (Å²) >= 11 is 0. The van der Waals surface area contributed by atoms with Crippen LogP contribution >= 0.6 is 0 Å². The molecule has 7 heteroatoms. The van der Waals surface area contributed by atoms with Gasteiger partial charge < -0.3 is 4.90 Å². The number of benzene rings is 3. The zero-order valence-corrected chi connectivity index (χ0v) is 17.8. The molecule has 0 aromatic heterocycles. The van der Waals surface area contributed by atoms with E-state index >= 15 is 0 Å². The molecular weight excluding hydrogens is 416 g/mol. The number of anilines is 2. The van der Waals surface area contributed by atoms with Gasteiger partial charge >= 0.3 is 0 Å². The molecule has 3 aromatic rings. The van der Waals surface area contributed by atoms with E-state index in [1.165, 1.54) is 11.9 Å². The molecule has 162 valence electrons. The average Bonchev–Trinajstić information content (AvgIpc) is 3.36. The van der Waals surface area contributed by atoms with Gasteiger partial charge in [-0.05, 0) is 41.5 Å². The maximum absolute atomic E-state index is 13.1. The fourth-order valence-corrected chi connectivity index (χ4v) is 5.21. The number of hydrogen-bond acceptors (Lipinski definition) is 6. The number of carbonyl (C=O) groups is 2. The summed E-state index contributed by atoms with van der Waals surface area (Å²) in [4.78, 5) is 35.5. The molecule has 4 atom stereocenters. The normalized spacial score (nSPS) is 26.1. The summed E-state index contributed by atoms with van der Waals surface area (Å²) in [6.07, 6.45) is -1.25. The van der Waals surface area contributed by atoms with Gasteiger partial charge in [-0.15, -0.1) is 0 Å². The van der Waals surface area contributed by atoms with Gasteiger partial charge in [0.25, 0.3) is 5.91 Å². The van der Waals surface area contributed by atoms with Gasteiger partial charge in [0.1, 0.15) is 6.17 Å². The minimum atomic E-state index is -0.840. The van der Waals surface area contributed by atoms with Gasteiger partial charge in [-0.1, -0.05) is 48.5 Å². The lowest BCUT2D eigenvalue weighted by molar-refractivity contribution is -0.200. The third-order valence-electron chi connectivity index (χ3n) is 6.74. The predicted molar refractivity (Wildman–Crippen MR) is 120 cm³/mol. The molecule has 0 saturated carbocycles. The molecule has 0 aliphatic carbocycles. The van der Waals surface area contributed by atoms with Gasteiger partial charge in [-0.3, -0.25) is 19.3 Å². The Morgan fingerprint density at radius 2 is 1.58 bits per heavy atom. The number of hydrogen-bond donors (Lipinski definition) is 0. The standard InChI is InChI=1S/C26H20N4O3/c1-28-25(31)21-22-19-9-5-6-10-20(19)29(18-13-11-16(15-27)12-14-18)24(17-7-3-2-4-8-17)30(22)33-23(21)26(28)32/h2-14,21-24H,1H3/t21-,22-,23+,24+/m0/s1. The van der Waals surface area contributed by atoms with Crippen molar-refractivity contribution in [1.29, 1.82) is 5.26 Å². The first-order valence-electron chi connectivity index (χ1n) is 10.8. The van der Waals surface area contributed by atoms with Crippen LogP contribution in [0.2, 0.25) is 0 Å². The second kappa shape index (κ2) is 7.27. The van der Waals surface area contributed by atoms with E-state index in [9.17, 15) is 14.9 Å². The topological polar surface area (TPSA) is 76.9 Å². The van der Waals surface area contributed by atoms with E-state index in [0.29, 0.717) is 5.56 Å². The van der Waals surface area contributed by atoms with E-state index in [4.69, 9.17) is 4.84 Å². The number of amides is 2. The van der Waals surface area contributed by atoms with E-state index in [0.717, 1.165) is 22.5 Å². The molecular formula is C26H20N4O3. The van der Waals surface area contributed by atoms with Crippen LogP contribution in [-0.2, 0) is 14.4 Å². The number of rotatable bonds is 2. The van der Waals surface area contributed by atoms with Crippen LogP contribution in [0.4, 0.5) is 11.4 Å². The SMILES string of the molecule is CN1C(=O)[C@@H]2[C@@H](ON3[C@H](c4ccccc4)N(c4ccc(C#N)cc4)c4ccccc4[C@@H]23)C1=O. The van der Waals surface area contributed by atoms with Crippen molar-refractivity contribution in [3.8, 4) is 6.07 Å². The molecule has 3 heterocycles. The van der Waals surface area contributed by atoms with Crippen molar-refractivity contribution in [3.05, 3.63) is 95.6 Å². The van der Waals surface area contributed by atoms with Gasteiger partial charge in [-0.2, -0.15) is 10.3 Å². The molecule has 3 aliphatic rings. The van der Waals surface area contributed by atoms with E-state index in [2.05, 4.69) is 11.0 Å². The second-order valence-corrected chi connectivity index (χ2v) is 8.46. The first-order valence-corrected chi connectivity index (χ1v) is 10.8. The molecule has 0 radical (unpaired) electrons.